The summed E-state index contributed by atoms with van der Waals surface area (Å²) in [5, 5.41) is 24.2. The number of hydrogen-bond donors (Lipinski definition) is 1. The third-order valence-corrected chi connectivity index (χ3v) is 15.7. The first-order valence-electron chi connectivity index (χ1n) is 21.2. The molecular formula is C47H51ClN8O5S3. The summed E-state index contributed by atoms with van der Waals surface area (Å²) in [5.41, 5.74) is 8.08. The summed E-state index contributed by atoms with van der Waals surface area (Å²) in [4.78, 5) is 16.5. The van der Waals surface area contributed by atoms with Crippen LogP contribution in [0.25, 0.3) is 32.8 Å². The number of carboxylic acids is 1. The van der Waals surface area contributed by atoms with Gasteiger partial charge in [0.15, 0.2) is 11.2 Å². The Morgan fingerprint density at radius 3 is 2.45 bits per heavy atom. The summed E-state index contributed by atoms with van der Waals surface area (Å²) in [5.74, 6) is 2.51. The number of thioether (sulfide) groups is 2. The fourth-order valence-electron chi connectivity index (χ4n) is 8.85. The van der Waals surface area contributed by atoms with E-state index in [0.717, 1.165) is 90.6 Å². The van der Waals surface area contributed by atoms with Crippen molar-refractivity contribution in [1.82, 2.24) is 32.7 Å². The van der Waals surface area contributed by atoms with Crippen LogP contribution in [0.5, 0.6) is 11.5 Å². The van der Waals surface area contributed by atoms with Crippen LogP contribution >= 0.6 is 35.1 Å². The van der Waals surface area contributed by atoms with Gasteiger partial charge in [0.25, 0.3) is 0 Å². The molecular weight excluding hydrogens is 888 g/mol. The standard InChI is InChI=1S/C47H51ClN8O5S3/c1-51(2)64(59)56-20-18-55(19-21-56)32-12-14-34(15-13-32)61-26-40-44-41(54(5)50-40)29-62-27-31-24-33(53(4)49-31)28-63-35-23-30-9-6-7-10-36(30)42(25-35)60-22-8-11-37-38-16-17-39(48)43(44)45(38)52(3)46(37)47(57)58/h6-7,9-10,12-17,23-25H,8,11,18-22,26-29H2,1-5H3,(H,57,58). The smallest absolute Gasteiger partial charge is 0.352 e. The number of carbonyl (C=O) groups is 1. The highest BCUT2D eigenvalue weighted by atomic mass is 35.5. The summed E-state index contributed by atoms with van der Waals surface area (Å²) in [6.45, 7) is 3.53. The van der Waals surface area contributed by atoms with Gasteiger partial charge in [-0.05, 0) is 72.3 Å². The lowest BCUT2D eigenvalue weighted by Gasteiger charge is -2.36. The minimum absolute atomic E-state index is 0.159. The lowest BCUT2D eigenvalue weighted by atomic mass is 9.98. The van der Waals surface area contributed by atoms with Crippen molar-refractivity contribution in [2.24, 2.45) is 21.1 Å². The van der Waals surface area contributed by atoms with Gasteiger partial charge in [0.2, 0.25) is 0 Å². The van der Waals surface area contributed by atoms with Gasteiger partial charge in [0.1, 0.15) is 29.5 Å². The molecule has 7 aromatic rings. The number of aryl methyl sites for hydroxylation is 4. The number of hydrogen-bond acceptors (Lipinski definition) is 9. The third kappa shape index (κ3) is 8.88. The van der Waals surface area contributed by atoms with Crippen molar-refractivity contribution in [3.8, 4) is 22.6 Å². The molecule has 64 heavy (non-hydrogen) atoms. The van der Waals surface area contributed by atoms with Gasteiger partial charge in [-0.3, -0.25) is 9.36 Å². The highest BCUT2D eigenvalue weighted by molar-refractivity contribution is 7.98. The van der Waals surface area contributed by atoms with Crippen molar-refractivity contribution >= 4 is 79.6 Å². The Morgan fingerprint density at radius 2 is 1.69 bits per heavy atom. The summed E-state index contributed by atoms with van der Waals surface area (Å²) < 4.78 is 35.0. The Balaban J connectivity index is 1.06. The molecule has 1 fully saturated rings. The van der Waals surface area contributed by atoms with E-state index < -0.39 is 17.1 Å². The maximum absolute atomic E-state index is 13.1. The molecule has 1 atom stereocenters. The number of benzene rings is 4. The van der Waals surface area contributed by atoms with E-state index in [1.165, 1.54) is 0 Å². The molecule has 0 spiro atoms. The molecule has 17 heteroatoms. The zero-order valence-corrected chi connectivity index (χ0v) is 39.7. The van der Waals surface area contributed by atoms with Gasteiger partial charge in [-0.1, -0.05) is 41.9 Å². The van der Waals surface area contributed by atoms with Crippen LogP contribution < -0.4 is 14.4 Å². The van der Waals surface area contributed by atoms with Crippen LogP contribution in [0.2, 0.25) is 5.02 Å². The van der Waals surface area contributed by atoms with Crippen molar-refractivity contribution in [3.63, 3.8) is 0 Å². The number of anilines is 1. The molecule has 334 valence electrons. The Bertz CT molecular complexity index is 2890. The largest absolute Gasteiger partial charge is 0.493 e. The second-order valence-corrected chi connectivity index (χ2v) is 20.4. The molecule has 0 aliphatic carbocycles. The number of aromatic nitrogens is 5. The molecule has 13 nitrogen and oxygen atoms in total. The van der Waals surface area contributed by atoms with Crippen LogP contribution in [0.3, 0.4) is 0 Å². The van der Waals surface area contributed by atoms with Gasteiger partial charge in [0, 0.05) is 117 Å². The zero-order valence-electron chi connectivity index (χ0n) is 36.5. The van der Waals surface area contributed by atoms with Crippen molar-refractivity contribution in [1.29, 1.82) is 0 Å². The van der Waals surface area contributed by atoms with Gasteiger partial charge in [-0.2, -0.15) is 10.2 Å². The number of halogens is 1. The first-order chi connectivity index (χ1) is 30.9. The minimum atomic E-state index is -1.14. The Kier molecular flexibility index (Phi) is 13.0. The van der Waals surface area contributed by atoms with Crippen molar-refractivity contribution in [2.45, 2.75) is 41.6 Å². The molecule has 1 saturated heterocycles. The second-order valence-electron chi connectivity index (χ2n) is 16.3. The van der Waals surface area contributed by atoms with E-state index in [4.69, 9.17) is 31.3 Å². The molecule has 0 radical (unpaired) electrons. The molecule has 9 rings (SSSR count). The van der Waals surface area contributed by atoms with Gasteiger partial charge < -0.3 is 24.0 Å². The molecule has 5 heterocycles. The first kappa shape index (κ1) is 44.2. The number of carboxylic acid groups (broad SMARTS) is 1. The van der Waals surface area contributed by atoms with Crippen LogP contribution in [0.15, 0.2) is 83.8 Å². The summed E-state index contributed by atoms with van der Waals surface area (Å²) >= 11 is 9.62. The summed E-state index contributed by atoms with van der Waals surface area (Å²) in [6.07, 6.45) is 1.09. The molecule has 1 N–H and O–H groups in total. The van der Waals surface area contributed by atoms with Crippen molar-refractivity contribution < 1.29 is 23.6 Å². The van der Waals surface area contributed by atoms with E-state index in [1.807, 2.05) is 85.3 Å². The van der Waals surface area contributed by atoms with E-state index in [2.05, 4.69) is 47.4 Å². The van der Waals surface area contributed by atoms with Crippen LogP contribution in [0.1, 0.15) is 45.2 Å². The lowest BCUT2D eigenvalue weighted by molar-refractivity contribution is 0.0685. The third-order valence-electron chi connectivity index (χ3n) is 12.0. The molecule has 1 unspecified atom stereocenters. The Morgan fingerprint density at radius 1 is 0.906 bits per heavy atom. The number of ether oxygens (including phenoxy) is 2. The zero-order chi connectivity index (χ0) is 44.6. The van der Waals surface area contributed by atoms with E-state index in [-0.39, 0.29) is 12.3 Å². The Labute approximate surface area is 389 Å². The van der Waals surface area contributed by atoms with Crippen molar-refractivity contribution in [3.05, 3.63) is 118 Å². The predicted molar refractivity (Wildman–Crippen MR) is 259 cm³/mol. The summed E-state index contributed by atoms with van der Waals surface area (Å²) in [7, 11) is 9.40. The van der Waals surface area contributed by atoms with Crippen LogP contribution in [-0.2, 0) is 62.6 Å². The average molecular weight is 940 g/mol. The highest BCUT2D eigenvalue weighted by Gasteiger charge is 2.29. The minimum Gasteiger partial charge on any atom is -0.493 e. The van der Waals surface area contributed by atoms with Gasteiger partial charge in [-0.15, -0.1) is 23.5 Å². The predicted octanol–water partition coefficient (Wildman–Crippen LogP) is 8.71. The quantitative estimate of drug-likeness (QED) is 0.166. The first-order valence-corrected chi connectivity index (χ1v) is 24.8. The van der Waals surface area contributed by atoms with Crippen LogP contribution in [-0.4, -0.2) is 94.9 Å². The number of piperazine rings is 1. The second kappa shape index (κ2) is 18.9. The van der Waals surface area contributed by atoms with E-state index in [1.54, 1.807) is 32.4 Å². The van der Waals surface area contributed by atoms with Gasteiger partial charge in [-0.25, -0.2) is 17.6 Å². The molecule has 8 bridgehead atoms. The Hall–Kier alpha value is -4.97. The summed E-state index contributed by atoms with van der Waals surface area (Å²) in [6, 6.07) is 26.6. The van der Waals surface area contributed by atoms with Crippen LogP contribution in [0.4, 0.5) is 5.69 Å². The topological polar surface area (TPSA) is 123 Å². The maximum atomic E-state index is 13.1. The normalized spacial score (nSPS) is 15.9. The molecule has 2 aliphatic rings. The number of fused-ring (bicyclic) bond motifs is 8. The maximum Gasteiger partial charge on any atom is 0.352 e. The highest BCUT2D eigenvalue weighted by Crippen LogP contribution is 2.43. The molecule has 3 aromatic heterocycles. The van der Waals surface area contributed by atoms with E-state index in [9.17, 15) is 14.1 Å². The SMILES string of the molecule is CN(C)S(=O)N1CCN(c2ccc(OCc3nn(C)c4c3-c3c(Cl)ccc5c(c(C(=O)O)n(C)c35)CCCOc3cc(cc5ccccc35)SCc3cc(nn3C)CSC4)cc2)CC1. The fraction of sp³-hybridized carbons (Fsp3) is 0.340. The number of aromatic carboxylic acids is 1. The van der Waals surface area contributed by atoms with Gasteiger partial charge in [0.05, 0.1) is 28.5 Å². The monoisotopic (exact) mass is 938 g/mol. The molecule has 4 aromatic carbocycles. The molecule has 0 saturated carbocycles. The average Bonchev–Trinajstić information content (AvgIpc) is 3.91. The molecule has 0 amide bonds. The number of rotatable bonds is 7. The van der Waals surface area contributed by atoms with Gasteiger partial charge >= 0.3 is 5.97 Å². The van der Waals surface area contributed by atoms with Crippen molar-refractivity contribution in [2.75, 3.05) is 51.8 Å². The lowest BCUT2D eigenvalue weighted by Crippen LogP contribution is -2.49. The number of nitrogens with zero attached hydrogens (tertiary/aromatic N) is 8. The van der Waals surface area contributed by atoms with Crippen LogP contribution in [0, 0.1) is 0 Å². The fourth-order valence-corrected chi connectivity index (χ4v) is 12.0. The molecule has 2 aliphatic heterocycles. The van der Waals surface area contributed by atoms with E-state index >= 15 is 0 Å². The van der Waals surface area contributed by atoms with E-state index in [0.29, 0.717) is 60.5 Å².